The monoisotopic (exact) mass is 311 g/mol. The average Bonchev–Trinajstić information content (AvgIpc) is 2.60. The van der Waals surface area contributed by atoms with Gasteiger partial charge < -0.3 is 9.94 Å². The highest BCUT2D eigenvalue weighted by atomic mass is 16.5. The molecule has 4 nitrogen and oxygen atoms in total. The van der Waals surface area contributed by atoms with Crippen molar-refractivity contribution in [1.29, 1.82) is 0 Å². The van der Waals surface area contributed by atoms with Gasteiger partial charge in [-0.15, -0.1) is 0 Å². The predicted octanol–water partition coefficient (Wildman–Crippen LogP) is 3.99. The fourth-order valence-corrected chi connectivity index (χ4v) is 2.58. The van der Waals surface area contributed by atoms with E-state index >= 15 is 0 Å². The Balaban J connectivity index is 2.27. The molecule has 0 aromatic heterocycles. The molecule has 0 saturated carbocycles. The zero-order valence-electron chi connectivity index (χ0n) is 13.2. The molecule has 1 unspecified atom stereocenters. The molecule has 2 rings (SSSR count). The van der Waals surface area contributed by atoms with E-state index in [-0.39, 0.29) is 18.3 Å². The number of hydrogen-bond donors (Lipinski definition) is 1. The lowest BCUT2D eigenvalue weighted by Crippen LogP contribution is -2.16. The molecule has 0 spiro atoms. The van der Waals surface area contributed by atoms with Gasteiger partial charge in [0.2, 0.25) is 0 Å². The summed E-state index contributed by atoms with van der Waals surface area (Å²) in [6, 6.07) is 19.3. The first-order valence-corrected chi connectivity index (χ1v) is 7.74. The molecule has 0 bridgehead atoms. The molecular weight excluding hydrogens is 290 g/mol. The Morgan fingerprint density at radius 1 is 1.09 bits per heavy atom. The van der Waals surface area contributed by atoms with Gasteiger partial charge in [0.05, 0.1) is 12.3 Å². The number of ether oxygens (including phenoxy) is 1. The van der Waals surface area contributed by atoms with E-state index in [0.29, 0.717) is 18.7 Å². The Kier molecular flexibility index (Phi) is 6.36. The maximum absolute atomic E-state index is 11.7. The van der Waals surface area contributed by atoms with Gasteiger partial charge in [0.15, 0.2) is 0 Å². The lowest BCUT2D eigenvalue weighted by atomic mass is 9.86. The number of carbonyl (C=O) groups excluding carboxylic acids is 1. The molecule has 1 atom stereocenters. The van der Waals surface area contributed by atoms with Crippen LogP contribution in [-0.4, -0.2) is 23.5 Å². The number of esters is 1. The number of hydrogen-bond acceptors (Lipinski definition) is 4. The fourth-order valence-electron chi connectivity index (χ4n) is 2.58. The fraction of sp³-hybridized carbons (Fsp3) is 0.263. The second-order valence-corrected chi connectivity index (χ2v) is 5.16. The molecule has 0 radical (unpaired) electrons. The van der Waals surface area contributed by atoms with E-state index in [4.69, 9.17) is 4.74 Å². The number of oxime groups is 1. The Morgan fingerprint density at radius 2 is 1.70 bits per heavy atom. The molecule has 4 heteroatoms. The number of carbonyl (C=O) groups is 1. The van der Waals surface area contributed by atoms with Crippen LogP contribution in [0.4, 0.5) is 0 Å². The summed E-state index contributed by atoms with van der Waals surface area (Å²) in [5.74, 6) is -0.410. The second kappa shape index (κ2) is 8.73. The largest absolute Gasteiger partial charge is 0.466 e. The second-order valence-electron chi connectivity index (χ2n) is 5.16. The minimum absolute atomic E-state index is 0.173. The minimum Gasteiger partial charge on any atom is -0.466 e. The molecule has 0 aliphatic carbocycles. The molecule has 0 amide bonds. The molecule has 120 valence electrons. The quantitative estimate of drug-likeness (QED) is 0.364. The summed E-state index contributed by atoms with van der Waals surface area (Å²) in [7, 11) is 0. The van der Waals surface area contributed by atoms with Crippen LogP contribution >= 0.6 is 0 Å². The predicted molar refractivity (Wildman–Crippen MR) is 89.8 cm³/mol. The zero-order valence-corrected chi connectivity index (χ0v) is 13.2. The van der Waals surface area contributed by atoms with Crippen molar-refractivity contribution in [3.8, 4) is 0 Å². The summed E-state index contributed by atoms with van der Waals surface area (Å²) >= 11 is 0. The van der Waals surface area contributed by atoms with E-state index in [1.165, 1.54) is 0 Å². The molecule has 2 aromatic carbocycles. The van der Waals surface area contributed by atoms with Gasteiger partial charge in [-0.05, 0) is 24.5 Å². The Bertz CT molecular complexity index is 638. The highest BCUT2D eigenvalue weighted by molar-refractivity contribution is 6.04. The van der Waals surface area contributed by atoms with Crippen molar-refractivity contribution in [2.45, 2.75) is 25.7 Å². The highest BCUT2D eigenvalue weighted by Crippen LogP contribution is 2.26. The van der Waals surface area contributed by atoms with Crippen LogP contribution < -0.4 is 0 Å². The summed E-state index contributed by atoms with van der Waals surface area (Å²) in [5.41, 5.74) is 2.40. The number of rotatable bonds is 7. The number of benzene rings is 2. The van der Waals surface area contributed by atoms with Crippen LogP contribution in [0.2, 0.25) is 0 Å². The van der Waals surface area contributed by atoms with Gasteiger partial charge in [0.25, 0.3) is 0 Å². The van der Waals surface area contributed by atoms with E-state index in [1.54, 1.807) is 6.92 Å². The Hall–Kier alpha value is -2.62. The van der Waals surface area contributed by atoms with Crippen LogP contribution in [0.5, 0.6) is 0 Å². The first-order chi connectivity index (χ1) is 11.3. The maximum atomic E-state index is 11.7. The van der Waals surface area contributed by atoms with Gasteiger partial charge in [-0.1, -0.05) is 65.8 Å². The van der Waals surface area contributed by atoms with Crippen molar-refractivity contribution in [2.24, 2.45) is 5.16 Å². The lowest BCUT2D eigenvalue weighted by Gasteiger charge is -2.18. The standard InChI is InChI=1S/C19H21NO3/c1-2-23-18(21)14-13-17(15-9-5-3-6-10-15)19(20-22)16-11-7-4-8-12-16/h3-12,17,22H,2,13-14H2,1H3/b20-19+. The Labute approximate surface area is 136 Å². The van der Waals surface area contributed by atoms with E-state index < -0.39 is 0 Å². The molecule has 2 aromatic rings. The van der Waals surface area contributed by atoms with Crippen LogP contribution in [-0.2, 0) is 9.53 Å². The smallest absolute Gasteiger partial charge is 0.305 e. The van der Waals surface area contributed by atoms with Crippen LogP contribution in [0.3, 0.4) is 0 Å². The molecule has 1 N–H and O–H groups in total. The van der Waals surface area contributed by atoms with Crippen LogP contribution in [0.25, 0.3) is 0 Å². The molecule has 0 aliphatic rings. The van der Waals surface area contributed by atoms with Gasteiger partial charge in [-0.25, -0.2) is 0 Å². The minimum atomic E-state index is -0.237. The highest BCUT2D eigenvalue weighted by Gasteiger charge is 2.22. The summed E-state index contributed by atoms with van der Waals surface area (Å²) in [6.07, 6.45) is 0.802. The van der Waals surface area contributed by atoms with Gasteiger partial charge in [-0.2, -0.15) is 0 Å². The van der Waals surface area contributed by atoms with Crippen LogP contribution in [0.15, 0.2) is 65.8 Å². The Morgan fingerprint density at radius 3 is 2.26 bits per heavy atom. The number of nitrogens with zero attached hydrogens (tertiary/aromatic N) is 1. The van der Waals surface area contributed by atoms with Crippen molar-refractivity contribution in [3.05, 3.63) is 71.8 Å². The normalized spacial score (nSPS) is 12.7. The third-order valence-corrected chi connectivity index (χ3v) is 3.65. The third kappa shape index (κ3) is 4.68. The summed E-state index contributed by atoms with van der Waals surface area (Å²) in [6.45, 7) is 2.16. The van der Waals surface area contributed by atoms with Gasteiger partial charge in [0.1, 0.15) is 0 Å². The van der Waals surface area contributed by atoms with Gasteiger partial charge in [0, 0.05) is 12.3 Å². The topological polar surface area (TPSA) is 58.9 Å². The summed E-state index contributed by atoms with van der Waals surface area (Å²) < 4.78 is 5.01. The van der Waals surface area contributed by atoms with Gasteiger partial charge >= 0.3 is 5.97 Å². The first kappa shape index (κ1) is 16.7. The van der Waals surface area contributed by atoms with Crippen molar-refractivity contribution in [2.75, 3.05) is 6.61 Å². The van der Waals surface area contributed by atoms with E-state index in [0.717, 1.165) is 11.1 Å². The van der Waals surface area contributed by atoms with Crippen molar-refractivity contribution < 1.29 is 14.7 Å². The van der Waals surface area contributed by atoms with Crippen molar-refractivity contribution in [3.63, 3.8) is 0 Å². The molecular formula is C19H21NO3. The van der Waals surface area contributed by atoms with E-state index in [9.17, 15) is 10.0 Å². The van der Waals surface area contributed by atoms with Crippen LogP contribution in [0, 0.1) is 0 Å². The van der Waals surface area contributed by atoms with Gasteiger partial charge in [-0.3, -0.25) is 4.79 Å². The van der Waals surface area contributed by atoms with Crippen LogP contribution in [0.1, 0.15) is 36.8 Å². The molecule has 0 saturated heterocycles. The van der Waals surface area contributed by atoms with Crippen molar-refractivity contribution in [1.82, 2.24) is 0 Å². The molecule has 0 heterocycles. The van der Waals surface area contributed by atoms with E-state index in [2.05, 4.69) is 5.16 Å². The zero-order chi connectivity index (χ0) is 16.5. The third-order valence-electron chi connectivity index (χ3n) is 3.65. The molecule has 23 heavy (non-hydrogen) atoms. The van der Waals surface area contributed by atoms with E-state index in [1.807, 2.05) is 60.7 Å². The summed E-state index contributed by atoms with van der Waals surface area (Å²) in [4.78, 5) is 11.7. The average molecular weight is 311 g/mol. The lowest BCUT2D eigenvalue weighted by molar-refractivity contribution is -0.143. The summed E-state index contributed by atoms with van der Waals surface area (Å²) in [5, 5.41) is 13.1. The first-order valence-electron chi connectivity index (χ1n) is 7.74. The maximum Gasteiger partial charge on any atom is 0.305 e. The van der Waals surface area contributed by atoms with Crippen molar-refractivity contribution >= 4 is 11.7 Å². The molecule has 0 aliphatic heterocycles. The SMILES string of the molecule is CCOC(=O)CCC(/C(=N/O)c1ccccc1)c1ccccc1. The molecule has 0 fully saturated rings.